The number of likely N-dealkylation sites (tertiary alicyclic amines) is 1. The minimum Gasteiger partial charge on any atom is -0.508 e. The largest absolute Gasteiger partial charge is 0.508 e. The molecule has 1 aliphatic heterocycles. The summed E-state index contributed by atoms with van der Waals surface area (Å²) in [5.74, 6) is -0.0615. The summed E-state index contributed by atoms with van der Waals surface area (Å²) in [7, 11) is 0. The van der Waals surface area contributed by atoms with Gasteiger partial charge in [-0.1, -0.05) is 0 Å². The molecule has 2 rings (SSSR count). The van der Waals surface area contributed by atoms with Crippen LogP contribution in [0.25, 0.3) is 0 Å². The number of anilines is 1. The molecule has 1 aromatic rings. The van der Waals surface area contributed by atoms with E-state index in [-0.39, 0.29) is 24.1 Å². The van der Waals surface area contributed by atoms with Gasteiger partial charge in [-0.25, -0.2) is 0 Å². The first kappa shape index (κ1) is 14.4. The van der Waals surface area contributed by atoms with Crippen LogP contribution in [0.15, 0.2) is 24.3 Å². The molecule has 1 saturated heterocycles. The molecule has 0 unspecified atom stereocenters. The van der Waals surface area contributed by atoms with Crippen molar-refractivity contribution in [1.82, 2.24) is 4.90 Å². The Hall–Kier alpha value is -2.04. The van der Waals surface area contributed by atoms with Crippen LogP contribution >= 0.6 is 0 Å². The fourth-order valence-corrected chi connectivity index (χ4v) is 2.40. The third-order valence-electron chi connectivity index (χ3n) is 3.54. The van der Waals surface area contributed by atoms with Gasteiger partial charge in [0, 0.05) is 25.7 Å². The molecule has 5 nitrogen and oxygen atoms in total. The maximum absolute atomic E-state index is 12.2. The van der Waals surface area contributed by atoms with Crippen LogP contribution in [0.4, 0.5) is 5.69 Å². The van der Waals surface area contributed by atoms with E-state index in [1.807, 2.05) is 4.90 Å². The molecule has 0 aromatic heterocycles. The van der Waals surface area contributed by atoms with Gasteiger partial charge >= 0.3 is 0 Å². The Labute approximate surface area is 118 Å². The van der Waals surface area contributed by atoms with E-state index in [2.05, 4.69) is 0 Å². The smallest absolute Gasteiger partial charge is 0.242 e. The van der Waals surface area contributed by atoms with Crippen LogP contribution in [0.5, 0.6) is 5.75 Å². The van der Waals surface area contributed by atoms with Crippen LogP contribution in [0.2, 0.25) is 0 Å². The molecular formula is C15H20N2O3. The van der Waals surface area contributed by atoms with E-state index in [1.54, 1.807) is 12.1 Å². The van der Waals surface area contributed by atoms with Crippen molar-refractivity contribution in [2.45, 2.75) is 26.2 Å². The first-order valence-electron chi connectivity index (χ1n) is 6.93. The second kappa shape index (κ2) is 6.41. The normalized spacial score (nSPS) is 14.9. The molecule has 2 amide bonds. The van der Waals surface area contributed by atoms with Gasteiger partial charge < -0.3 is 14.9 Å². The summed E-state index contributed by atoms with van der Waals surface area (Å²) in [6, 6.07) is 6.30. The summed E-state index contributed by atoms with van der Waals surface area (Å²) in [6.07, 6.45) is 3.23. The molecule has 1 N–H and O–H groups in total. The van der Waals surface area contributed by atoms with E-state index in [4.69, 9.17) is 0 Å². The van der Waals surface area contributed by atoms with Crippen molar-refractivity contribution in [3.05, 3.63) is 24.3 Å². The van der Waals surface area contributed by atoms with Crippen molar-refractivity contribution in [3.63, 3.8) is 0 Å². The van der Waals surface area contributed by atoms with Gasteiger partial charge in [-0.2, -0.15) is 0 Å². The van der Waals surface area contributed by atoms with Gasteiger partial charge in [-0.05, 0) is 43.5 Å². The molecule has 1 aliphatic rings. The highest BCUT2D eigenvalue weighted by Crippen LogP contribution is 2.19. The predicted octanol–water partition coefficient (Wildman–Crippen LogP) is 1.76. The van der Waals surface area contributed by atoms with Gasteiger partial charge in [0.1, 0.15) is 12.3 Å². The number of carbonyl (C=O) groups is 2. The zero-order valence-corrected chi connectivity index (χ0v) is 11.7. The maximum atomic E-state index is 12.2. The maximum Gasteiger partial charge on any atom is 0.242 e. The second-order valence-corrected chi connectivity index (χ2v) is 5.06. The standard InChI is InChI=1S/C15H20N2O3/c1-12(18)17(13-5-7-14(19)8-6-13)11-15(20)16-9-3-2-4-10-16/h5-8,19H,2-4,9-11H2,1H3. The van der Waals surface area contributed by atoms with Gasteiger partial charge in [0.15, 0.2) is 0 Å². The van der Waals surface area contributed by atoms with E-state index in [0.29, 0.717) is 5.69 Å². The monoisotopic (exact) mass is 276 g/mol. The second-order valence-electron chi connectivity index (χ2n) is 5.06. The molecular weight excluding hydrogens is 256 g/mol. The lowest BCUT2D eigenvalue weighted by molar-refractivity contribution is -0.132. The molecule has 0 bridgehead atoms. The summed E-state index contributed by atoms with van der Waals surface area (Å²) >= 11 is 0. The first-order chi connectivity index (χ1) is 9.58. The Morgan fingerprint density at radius 3 is 2.30 bits per heavy atom. The molecule has 5 heteroatoms. The molecule has 0 atom stereocenters. The van der Waals surface area contributed by atoms with E-state index in [9.17, 15) is 14.7 Å². The minimum atomic E-state index is -0.180. The van der Waals surface area contributed by atoms with E-state index in [1.165, 1.54) is 24.0 Å². The highest BCUT2D eigenvalue weighted by Gasteiger charge is 2.21. The number of rotatable bonds is 3. The van der Waals surface area contributed by atoms with Crippen molar-refractivity contribution >= 4 is 17.5 Å². The molecule has 1 fully saturated rings. The molecule has 0 saturated carbocycles. The molecule has 0 aliphatic carbocycles. The highest BCUT2D eigenvalue weighted by atomic mass is 16.3. The summed E-state index contributed by atoms with van der Waals surface area (Å²) in [6.45, 7) is 3.05. The molecule has 0 radical (unpaired) electrons. The van der Waals surface area contributed by atoms with E-state index < -0.39 is 0 Å². The van der Waals surface area contributed by atoms with Crippen LogP contribution in [0.3, 0.4) is 0 Å². The van der Waals surface area contributed by atoms with Crippen molar-refractivity contribution in [2.24, 2.45) is 0 Å². The van der Waals surface area contributed by atoms with Crippen molar-refractivity contribution < 1.29 is 14.7 Å². The Balaban J connectivity index is 2.07. The van der Waals surface area contributed by atoms with Gasteiger partial charge in [-0.15, -0.1) is 0 Å². The first-order valence-corrected chi connectivity index (χ1v) is 6.93. The SMILES string of the molecule is CC(=O)N(CC(=O)N1CCCCC1)c1ccc(O)cc1. The Morgan fingerprint density at radius 1 is 1.15 bits per heavy atom. The zero-order chi connectivity index (χ0) is 14.5. The topological polar surface area (TPSA) is 60.9 Å². The summed E-state index contributed by atoms with van der Waals surface area (Å²) in [4.78, 5) is 27.2. The average molecular weight is 276 g/mol. The number of piperidine rings is 1. The lowest BCUT2D eigenvalue weighted by Crippen LogP contribution is -2.44. The lowest BCUT2D eigenvalue weighted by Gasteiger charge is -2.29. The van der Waals surface area contributed by atoms with E-state index in [0.717, 1.165) is 32.4 Å². The van der Waals surface area contributed by atoms with Gasteiger partial charge in [0.05, 0.1) is 0 Å². The Bertz CT molecular complexity index is 478. The molecule has 108 valence electrons. The predicted molar refractivity (Wildman–Crippen MR) is 76.6 cm³/mol. The number of benzene rings is 1. The lowest BCUT2D eigenvalue weighted by atomic mass is 10.1. The number of phenols is 1. The van der Waals surface area contributed by atoms with Crippen LogP contribution in [-0.2, 0) is 9.59 Å². The molecule has 20 heavy (non-hydrogen) atoms. The molecule has 0 spiro atoms. The van der Waals surface area contributed by atoms with Crippen LogP contribution in [0, 0.1) is 0 Å². The number of phenolic OH excluding ortho intramolecular Hbond substituents is 1. The van der Waals surface area contributed by atoms with Crippen LogP contribution in [-0.4, -0.2) is 41.5 Å². The van der Waals surface area contributed by atoms with Crippen molar-refractivity contribution in [2.75, 3.05) is 24.5 Å². The van der Waals surface area contributed by atoms with Gasteiger partial charge in [0.2, 0.25) is 11.8 Å². The third kappa shape index (κ3) is 3.50. The summed E-state index contributed by atoms with van der Waals surface area (Å²) < 4.78 is 0. The Kier molecular flexibility index (Phi) is 4.61. The minimum absolute atomic E-state index is 0.0204. The third-order valence-corrected chi connectivity index (χ3v) is 3.54. The quantitative estimate of drug-likeness (QED) is 0.915. The van der Waals surface area contributed by atoms with Gasteiger partial charge in [-0.3, -0.25) is 9.59 Å². The van der Waals surface area contributed by atoms with E-state index >= 15 is 0 Å². The number of hydrogen-bond donors (Lipinski definition) is 1. The number of amides is 2. The number of hydrogen-bond acceptors (Lipinski definition) is 3. The Morgan fingerprint density at radius 2 is 1.75 bits per heavy atom. The highest BCUT2D eigenvalue weighted by molar-refractivity contribution is 5.97. The summed E-state index contributed by atoms with van der Waals surface area (Å²) in [5, 5.41) is 9.28. The molecule has 1 heterocycles. The van der Waals surface area contributed by atoms with Crippen LogP contribution < -0.4 is 4.90 Å². The van der Waals surface area contributed by atoms with Gasteiger partial charge in [0.25, 0.3) is 0 Å². The number of aromatic hydroxyl groups is 1. The summed E-state index contributed by atoms with van der Waals surface area (Å²) in [5.41, 5.74) is 0.626. The fraction of sp³-hybridized carbons (Fsp3) is 0.467. The van der Waals surface area contributed by atoms with Crippen molar-refractivity contribution in [1.29, 1.82) is 0 Å². The average Bonchev–Trinajstić information content (AvgIpc) is 2.46. The molecule has 1 aromatic carbocycles. The van der Waals surface area contributed by atoms with Crippen molar-refractivity contribution in [3.8, 4) is 5.75 Å². The number of carbonyl (C=O) groups excluding carboxylic acids is 2. The van der Waals surface area contributed by atoms with Crippen LogP contribution in [0.1, 0.15) is 26.2 Å². The number of nitrogens with zero attached hydrogens (tertiary/aromatic N) is 2. The fourth-order valence-electron chi connectivity index (χ4n) is 2.40. The zero-order valence-electron chi connectivity index (χ0n) is 11.7.